The zero-order valence-corrected chi connectivity index (χ0v) is 12.4. The fourth-order valence-electron chi connectivity index (χ4n) is 1.79. The largest absolute Gasteiger partial charge is 0.677 e. The summed E-state index contributed by atoms with van der Waals surface area (Å²) in [6, 6.07) is 0. The third-order valence-corrected chi connectivity index (χ3v) is 2.78. The molecular weight excluding hydrogens is 266 g/mol. The first-order chi connectivity index (χ1) is 6.91. The minimum Gasteiger partial charge on any atom is -0.677 e. The molecule has 2 heteroatoms. The zero-order valence-electron chi connectivity index (χ0n) is 10.4. The van der Waals surface area contributed by atoms with Gasteiger partial charge in [-0.2, -0.15) is 6.54 Å². The molecule has 0 saturated carbocycles. The molecule has 0 aliphatic rings. The van der Waals surface area contributed by atoms with Gasteiger partial charge < -0.3 is 5.73 Å². The van der Waals surface area contributed by atoms with Crippen molar-refractivity contribution in [2.45, 2.75) is 77.6 Å². The molecule has 15 heavy (non-hydrogen) atoms. The molecule has 0 aliphatic carbocycles. The van der Waals surface area contributed by atoms with Crippen LogP contribution >= 0.6 is 0 Å². The van der Waals surface area contributed by atoms with E-state index in [0.29, 0.717) is 6.54 Å². The monoisotopic (exact) mass is 296 g/mol. The fourth-order valence-corrected chi connectivity index (χ4v) is 1.79. The Morgan fingerprint density at radius 1 is 0.600 bits per heavy atom. The number of rotatable bonds is 11. The van der Waals surface area contributed by atoms with E-state index < -0.39 is 0 Å². The second kappa shape index (κ2) is 17.1. The minimum absolute atomic E-state index is 0. The van der Waals surface area contributed by atoms with Gasteiger partial charge in [-0.25, -0.2) is 0 Å². The quantitative estimate of drug-likeness (QED) is 0.362. The molecule has 0 amide bonds. The molecule has 0 atom stereocenters. The average Bonchev–Trinajstić information content (AvgIpc) is 2.21. The molecule has 1 N–H and O–H groups in total. The van der Waals surface area contributed by atoms with Crippen LogP contribution < -0.4 is 0 Å². The van der Waals surface area contributed by atoms with Crippen LogP contribution in [0.4, 0.5) is 0 Å². The Morgan fingerprint density at radius 2 is 0.933 bits per heavy atom. The molecule has 1 nitrogen and oxygen atoms in total. The average molecular weight is 294 g/mol. The summed E-state index contributed by atoms with van der Waals surface area (Å²) in [6.07, 6.45) is 15.1. The maximum atomic E-state index is 7.01. The molecule has 0 spiro atoms. The minimum atomic E-state index is 0. The second-order valence-corrected chi connectivity index (χ2v) is 4.29. The Bertz CT molecular complexity index is 84.5. The van der Waals surface area contributed by atoms with E-state index in [1.807, 2.05) is 0 Å². The van der Waals surface area contributed by atoms with Crippen LogP contribution in [0.2, 0.25) is 0 Å². The van der Waals surface area contributed by atoms with Gasteiger partial charge in [0.15, 0.2) is 0 Å². The number of unbranched alkanes of at least 4 members (excludes halogenated alkanes) is 10. The van der Waals surface area contributed by atoms with E-state index in [1.165, 1.54) is 64.2 Å². The van der Waals surface area contributed by atoms with Crippen molar-refractivity contribution >= 4 is 0 Å². The van der Waals surface area contributed by atoms with Crippen LogP contribution in [0.25, 0.3) is 5.73 Å². The molecule has 0 rings (SSSR count). The second-order valence-electron chi connectivity index (χ2n) is 4.29. The third-order valence-electron chi connectivity index (χ3n) is 2.78. The van der Waals surface area contributed by atoms with Crippen molar-refractivity contribution in [3.8, 4) is 0 Å². The van der Waals surface area contributed by atoms with Crippen molar-refractivity contribution in [1.82, 2.24) is 0 Å². The van der Waals surface area contributed by atoms with Gasteiger partial charge in [-0.1, -0.05) is 77.6 Å². The maximum Gasteiger partial charge on any atom is 0 e. The Hall–Kier alpha value is 0.648. The molecule has 0 aromatic carbocycles. The van der Waals surface area contributed by atoms with Crippen molar-refractivity contribution in [1.29, 1.82) is 0 Å². The SMILES string of the molecule is CCCCCCCCCCCCC[NH-].[Mo]. The van der Waals surface area contributed by atoms with E-state index in [1.54, 1.807) is 0 Å². The van der Waals surface area contributed by atoms with Crippen molar-refractivity contribution in [3.63, 3.8) is 0 Å². The van der Waals surface area contributed by atoms with Crippen molar-refractivity contribution < 1.29 is 21.1 Å². The predicted molar refractivity (Wildman–Crippen MR) is 65.6 cm³/mol. The fraction of sp³-hybridized carbons (Fsp3) is 1.00. The van der Waals surface area contributed by atoms with Gasteiger partial charge in [-0.15, -0.1) is 0 Å². The molecule has 0 aromatic rings. The van der Waals surface area contributed by atoms with Crippen molar-refractivity contribution in [2.24, 2.45) is 0 Å². The standard InChI is InChI=1S/C13H28N.Mo/c1-2-3-4-5-6-7-8-9-10-11-12-13-14;/h14H,2-13H2,1H3;/q-1;. The normalized spacial score (nSPS) is 10.0. The van der Waals surface area contributed by atoms with E-state index in [2.05, 4.69) is 6.92 Å². The molecule has 0 heterocycles. The summed E-state index contributed by atoms with van der Waals surface area (Å²) in [4.78, 5) is 0. The van der Waals surface area contributed by atoms with Gasteiger partial charge in [-0.05, 0) is 0 Å². The van der Waals surface area contributed by atoms with Gasteiger partial charge in [-0.3, -0.25) is 0 Å². The Kier molecular flexibility index (Phi) is 20.5. The third kappa shape index (κ3) is 17.3. The molecule has 0 aliphatic heterocycles. The summed E-state index contributed by atoms with van der Waals surface area (Å²) < 4.78 is 0. The van der Waals surface area contributed by atoms with Crippen molar-refractivity contribution in [2.75, 3.05) is 6.54 Å². The Morgan fingerprint density at radius 3 is 1.27 bits per heavy atom. The van der Waals surface area contributed by atoms with Crippen molar-refractivity contribution in [3.05, 3.63) is 5.73 Å². The van der Waals surface area contributed by atoms with E-state index in [9.17, 15) is 0 Å². The summed E-state index contributed by atoms with van der Waals surface area (Å²) in [7, 11) is 0. The molecule has 0 saturated heterocycles. The molecule has 92 valence electrons. The summed E-state index contributed by atoms with van der Waals surface area (Å²) in [5.74, 6) is 0. The predicted octanol–water partition coefficient (Wildman–Crippen LogP) is 5.35. The van der Waals surface area contributed by atoms with Gasteiger partial charge in [0.1, 0.15) is 0 Å². The van der Waals surface area contributed by atoms with Crippen LogP contribution in [-0.2, 0) is 21.1 Å². The summed E-state index contributed by atoms with van der Waals surface area (Å²) in [5.41, 5.74) is 7.01. The number of nitrogens with one attached hydrogen (secondary N) is 1. The van der Waals surface area contributed by atoms with E-state index >= 15 is 0 Å². The van der Waals surface area contributed by atoms with E-state index in [0.717, 1.165) is 6.42 Å². The van der Waals surface area contributed by atoms with Crippen LogP contribution in [0.15, 0.2) is 0 Å². The molecule has 0 radical (unpaired) electrons. The van der Waals surface area contributed by atoms with Gasteiger partial charge in [0.2, 0.25) is 0 Å². The summed E-state index contributed by atoms with van der Waals surface area (Å²) in [5, 5.41) is 0. The van der Waals surface area contributed by atoms with Crippen LogP contribution in [0.1, 0.15) is 77.6 Å². The first-order valence-electron chi connectivity index (χ1n) is 6.56. The summed E-state index contributed by atoms with van der Waals surface area (Å²) >= 11 is 0. The van der Waals surface area contributed by atoms with Gasteiger partial charge in [0.05, 0.1) is 0 Å². The maximum absolute atomic E-state index is 7.01. The van der Waals surface area contributed by atoms with Crippen LogP contribution in [-0.4, -0.2) is 6.54 Å². The van der Waals surface area contributed by atoms with E-state index in [-0.39, 0.29) is 21.1 Å². The Balaban J connectivity index is 0. The zero-order chi connectivity index (χ0) is 10.5. The molecule has 0 unspecified atom stereocenters. The summed E-state index contributed by atoms with van der Waals surface area (Å²) in [6.45, 7) is 2.89. The molecule has 0 aromatic heterocycles. The smallest absolute Gasteiger partial charge is 0 e. The number of hydrogen-bond acceptors (Lipinski definition) is 0. The number of hydrogen-bond donors (Lipinski definition) is 0. The van der Waals surface area contributed by atoms with Crippen LogP contribution in [0, 0.1) is 0 Å². The topological polar surface area (TPSA) is 23.8 Å². The first-order valence-corrected chi connectivity index (χ1v) is 6.56. The van der Waals surface area contributed by atoms with Gasteiger partial charge >= 0.3 is 0 Å². The molecule has 0 bridgehead atoms. The first kappa shape index (κ1) is 18.0. The van der Waals surface area contributed by atoms with Gasteiger partial charge in [0, 0.05) is 21.1 Å². The van der Waals surface area contributed by atoms with Crippen LogP contribution in [0.3, 0.4) is 0 Å². The van der Waals surface area contributed by atoms with Crippen LogP contribution in [0.5, 0.6) is 0 Å². The Labute approximate surface area is 111 Å². The molecular formula is C13H28MoN-. The molecule has 0 fully saturated rings. The van der Waals surface area contributed by atoms with Gasteiger partial charge in [0.25, 0.3) is 0 Å². The van der Waals surface area contributed by atoms with E-state index in [4.69, 9.17) is 5.73 Å².